The number of fused-ring (bicyclic) bond motifs is 1. The van der Waals surface area contributed by atoms with Gasteiger partial charge in [0.05, 0.1) is 5.38 Å². The number of alkyl halides is 1. The summed E-state index contributed by atoms with van der Waals surface area (Å²) in [5.41, 5.74) is 2.98. The first-order valence-corrected chi connectivity index (χ1v) is 8.70. The monoisotopic (exact) mass is 385 g/mol. The van der Waals surface area contributed by atoms with E-state index < -0.39 is 17.0 Å². The lowest BCUT2D eigenvalue weighted by Crippen LogP contribution is -2.08. The number of amidine groups is 1. The van der Waals surface area contributed by atoms with Crippen molar-refractivity contribution in [2.45, 2.75) is 18.3 Å². The van der Waals surface area contributed by atoms with Gasteiger partial charge < -0.3 is 5.32 Å². The Morgan fingerprint density at radius 2 is 1.85 bits per heavy atom. The molecule has 2 aromatic rings. The minimum absolute atomic E-state index is 0.200. The van der Waals surface area contributed by atoms with Gasteiger partial charge in [-0.25, -0.2) is 28.7 Å². The third kappa shape index (κ3) is 3.78. The Balaban J connectivity index is 1.42. The maximum atomic E-state index is 13.2. The molecule has 1 aromatic heterocycles. The maximum absolute atomic E-state index is 13.2. The van der Waals surface area contributed by atoms with Crippen molar-refractivity contribution in [2.24, 2.45) is 9.98 Å². The molecule has 0 spiro atoms. The van der Waals surface area contributed by atoms with Gasteiger partial charge in [0.25, 0.3) is 0 Å². The third-order valence-corrected chi connectivity index (χ3v) is 4.62. The van der Waals surface area contributed by atoms with Crippen LogP contribution in [0.4, 0.5) is 14.7 Å². The molecule has 0 radical (unpaired) electrons. The summed E-state index contributed by atoms with van der Waals surface area (Å²) < 4.78 is 26.4. The standard InChI is InChI=1S/C19H14ClF2N5/c20-17(16-10-24-18-15(16)2-1-3-23-18)12-8-26-19(27-9-12)25-7-11-4-13(21)6-14(22)5-11/h2-6,8-10,17H,1,7H2,(H,25,26,27). The van der Waals surface area contributed by atoms with E-state index in [2.05, 4.69) is 25.3 Å². The van der Waals surface area contributed by atoms with Crippen LogP contribution >= 0.6 is 11.6 Å². The van der Waals surface area contributed by atoms with Crippen molar-refractivity contribution in [3.63, 3.8) is 0 Å². The van der Waals surface area contributed by atoms with Crippen LogP contribution in [0.3, 0.4) is 0 Å². The van der Waals surface area contributed by atoms with Gasteiger partial charge in [0, 0.05) is 60.5 Å². The highest BCUT2D eigenvalue weighted by Gasteiger charge is 2.25. The fraction of sp³-hybridized carbons (Fsp3) is 0.158. The number of nitrogens with zero attached hydrogens (tertiary/aromatic N) is 4. The van der Waals surface area contributed by atoms with Crippen LogP contribution in [0.25, 0.3) is 0 Å². The number of hydrogen-bond donors (Lipinski definition) is 1. The summed E-state index contributed by atoms with van der Waals surface area (Å²) >= 11 is 6.57. The number of nitrogens with one attached hydrogen (secondary N) is 1. The first-order valence-electron chi connectivity index (χ1n) is 8.26. The van der Waals surface area contributed by atoms with E-state index in [1.165, 1.54) is 12.1 Å². The van der Waals surface area contributed by atoms with Crippen LogP contribution in [-0.2, 0) is 6.54 Å². The van der Waals surface area contributed by atoms with Crippen molar-refractivity contribution in [1.29, 1.82) is 0 Å². The number of halogens is 3. The first-order chi connectivity index (χ1) is 13.1. The summed E-state index contributed by atoms with van der Waals surface area (Å²) in [7, 11) is 0. The molecular formula is C19H14ClF2N5. The Hall–Kier alpha value is -2.93. The van der Waals surface area contributed by atoms with Crippen LogP contribution in [-0.4, -0.2) is 22.0 Å². The molecule has 0 saturated carbocycles. The molecule has 0 bridgehead atoms. The normalized spacial score (nSPS) is 16.3. The van der Waals surface area contributed by atoms with Gasteiger partial charge in [-0.3, -0.25) is 0 Å². The molecule has 0 aliphatic carbocycles. The third-order valence-electron chi connectivity index (χ3n) is 4.13. The molecule has 0 saturated heterocycles. The lowest BCUT2D eigenvalue weighted by atomic mass is 9.99. The minimum Gasteiger partial charge on any atom is -0.350 e. The number of aromatic nitrogens is 2. The smallest absolute Gasteiger partial charge is 0.222 e. The molecular weight excluding hydrogens is 372 g/mol. The fourth-order valence-electron chi connectivity index (χ4n) is 2.86. The highest BCUT2D eigenvalue weighted by atomic mass is 35.5. The van der Waals surface area contributed by atoms with E-state index in [0.717, 1.165) is 29.2 Å². The lowest BCUT2D eigenvalue weighted by molar-refractivity contribution is 0.580. The highest BCUT2D eigenvalue weighted by Crippen LogP contribution is 2.37. The Morgan fingerprint density at radius 3 is 2.59 bits per heavy atom. The topological polar surface area (TPSA) is 62.5 Å². The van der Waals surface area contributed by atoms with E-state index in [9.17, 15) is 8.78 Å². The van der Waals surface area contributed by atoms with E-state index in [1.807, 2.05) is 6.08 Å². The van der Waals surface area contributed by atoms with Gasteiger partial charge in [-0.15, -0.1) is 11.6 Å². The summed E-state index contributed by atoms with van der Waals surface area (Å²) in [6.45, 7) is 0.200. The Bertz CT molecular complexity index is 975. The first kappa shape index (κ1) is 17.5. The van der Waals surface area contributed by atoms with Gasteiger partial charge in [-0.1, -0.05) is 6.08 Å². The predicted molar refractivity (Wildman–Crippen MR) is 101 cm³/mol. The minimum atomic E-state index is -0.624. The van der Waals surface area contributed by atoms with Crippen LogP contribution in [0.15, 0.2) is 64.0 Å². The van der Waals surface area contributed by atoms with E-state index in [4.69, 9.17) is 11.6 Å². The fourth-order valence-corrected chi connectivity index (χ4v) is 3.14. The maximum Gasteiger partial charge on any atom is 0.222 e. The van der Waals surface area contributed by atoms with Gasteiger partial charge in [0.2, 0.25) is 5.95 Å². The zero-order valence-electron chi connectivity index (χ0n) is 14.0. The Kier molecular flexibility index (Phi) is 4.77. The lowest BCUT2D eigenvalue weighted by Gasteiger charge is -2.14. The summed E-state index contributed by atoms with van der Waals surface area (Å²) in [4.78, 5) is 17.0. The quantitative estimate of drug-likeness (QED) is 0.778. The number of dihydropyridines is 1. The Morgan fingerprint density at radius 1 is 1.11 bits per heavy atom. The Labute approximate surface area is 159 Å². The molecule has 5 nitrogen and oxygen atoms in total. The van der Waals surface area contributed by atoms with Crippen molar-refractivity contribution >= 4 is 29.6 Å². The SMILES string of the molecule is Fc1cc(F)cc(CNc2ncc(C(Cl)C3=CN=C4N=CCC=C34)cn2)c1. The average molecular weight is 386 g/mol. The molecule has 2 aliphatic rings. The summed E-state index contributed by atoms with van der Waals surface area (Å²) in [6, 6.07) is 3.34. The second-order valence-electron chi connectivity index (χ2n) is 6.04. The van der Waals surface area contributed by atoms with Crippen molar-refractivity contribution in [3.8, 4) is 0 Å². The van der Waals surface area contributed by atoms with E-state index in [0.29, 0.717) is 17.3 Å². The second-order valence-corrected chi connectivity index (χ2v) is 6.47. The van der Waals surface area contributed by atoms with Crippen molar-refractivity contribution in [1.82, 2.24) is 9.97 Å². The van der Waals surface area contributed by atoms with Gasteiger partial charge in [-0.2, -0.15) is 0 Å². The molecule has 136 valence electrons. The molecule has 27 heavy (non-hydrogen) atoms. The molecule has 1 N–H and O–H groups in total. The van der Waals surface area contributed by atoms with E-state index in [1.54, 1.807) is 24.8 Å². The number of hydrogen-bond acceptors (Lipinski definition) is 5. The van der Waals surface area contributed by atoms with Crippen LogP contribution in [0, 0.1) is 11.6 Å². The average Bonchev–Trinajstić information content (AvgIpc) is 3.10. The molecule has 1 aromatic carbocycles. The molecule has 4 rings (SSSR count). The number of allylic oxidation sites excluding steroid dienone is 1. The highest BCUT2D eigenvalue weighted by molar-refractivity contribution is 6.25. The summed E-state index contributed by atoms with van der Waals surface area (Å²) in [6.07, 6.45) is 9.53. The number of aliphatic imine (C=N–C) groups is 2. The summed E-state index contributed by atoms with van der Waals surface area (Å²) in [5, 5.41) is 2.48. The van der Waals surface area contributed by atoms with Gasteiger partial charge in [0.1, 0.15) is 11.6 Å². The van der Waals surface area contributed by atoms with Gasteiger partial charge in [-0.05, 0) is 17.7 Å². The molecule has 3 heterocycles. The molecule has 8 heteroatoms. The van der Waals surface area contributed by atoms with Crippen LogP contribution < -0.4 is 5.32 Å². The van der Waals surface area contributed by atoms with E-state index in [-0.39, 0.29) is 6.54 Å². The molecule has 1 atom stereocenters. The molecule has 1 unspecified atom stereocenters. The predicted octanol–water partition coefficient (Wildman–Crippen LogP) is 4.34. The largest absolute Gasteiger partial charge is 0.350 e. The molecule has 0 amide bonds. The molecule has 0 fully saturated rings. The van der Waals surface area contributed by atoms with Crippen molar-refractivity contribution < 1.29 is 8.78 Å². The van der Waals surface area contributed by atoms with Crippen molar-refractivity contribution in [3.05, 3.63) is 76.8 Å². The van der Waals surface area contributed by atoms with Crippen LogP contribution in [0.2, 0.25) is 0 Å². The molecule has 2 aliphatic heterocycles. The van der Waals surface area contributed by atoms with E-state index >= 15 is 0 Å². The number of rotatable bonds is 5. The van der Waals surface area contributed by atoms with Crippen molar-refractivity contribution in [2.75, 3.05) is 5.32 Å². The van der Waals surface area contributed by atoms with Gasteiger partial charge >= 0.3 is 0 Å². The zero-order chi connectivity index (χ0) is 18.8. The van der Waals surface area contributed by atoms with Crippen LogP contribution in [0.5, 0.6) is 0 Å². The summed E-state index contributed by atoms with van der Waals surface area (Å²) in [5.74, 6) is -0.240. The van der Waals surface area contributed by atoms with Gasteiger partial charge in [0.15, 0.2) is 5.84 Å². The number of benzene rings is 1. The second kappa shape index (κ2) is 7.36. The number of anilines is 1. The van der Waals surface area contributed by atoms with Crippen LogP contribution in [0.1, 0.15) is 22.9 Å². The zero-order valence-corrected chi connectivity index (χ0v) is 14.8.